The summed E-state index contributed by atoms with van der Waals surface area (Å²) in [4.78, 5) is 14.6. The van der Waals surface area contributed by atoms with Crippen LogP contribution < -0.4 is 5.32 Å². The minimum absolute atomic E-state index is 0.0352. The highest BCUT2D eigenvalue weighted by atomic mass is 16.3. The Morgan fingerprint density at radius 3 is 2.74 bits per heavy atom. The van der Waals surface area contributed by atoms with Crippen molar-refractivity contribution in [2.24, 2.45) is 5.41 Å². The van der Waals surface area contributed by atoms with Crippen molar-refractivity contribution in [3.63, 3.8) is 0 Å². The molecule has 2 rings (SSSR count). The summed E-state index contributed by atoms with van der Waals surface area (Å²) in [6.07, 6.45) is 6.42. The molecule has 1 aliphatic carbocycles. The summed E-state index contributed by atoms with van der Waals surface area (Å²) in [6.45, 7) is 6.97. The van der Waals surface area contributed by atoms with Crippen LogP contribution in [0.25, 0.3) is 0 Å². The third-order valence-electron chi connectivity index (χ3n) is 4.50. The Kier molecular flexibility index (Phi) is 6.10. The molecule has 1 heterocycles. The van der Waals surface area contributed by atoms with Gasteiger partial charge in [0.05, 0.1) is 18.9 Å². The second kappa shape index (κ2) is 7.86. The SMILES string of the molecule is CC(O)CC(C)(C)CNC(=O)N(Cc1ccco1)C1CCCC1. The smallest absolute Gasteiger partial charge is 0.318 e. The molecule has 23 heavy (non-hydrogen) atoms. The minimum Gasteiger partial charge on any atom is -0.467 e. The first-order valence-electron chi connectivity index (χ1n) is 8.62. The maximum Gasteiger partial charge on any atom is 0.318 e. The van der Waals surface area contributed by atoms with Crippen LogP contribution in [0.4, 0.5) is 4.79 Å². The van der Waals surface area contributed by atoms with Crippen LogP contribution in [-0.4, -0.2) is 34.7 Å². The van der Waals surface area contributed by atoms with E-state index in [1.54, 1.807) is 13.2 Å². The van der Waals surface area contributed by atoms with E-state index in [0.717, 1.165) is 18.6 Å². The van der Waals surface area contributed by atoms with Gasteiger partial charge in [-0.25, -0.2) is 4.79 Å². The van der Waals surface area contributed by atoms with Gasteiger partial charge in [-0.15, -0.1) is 0 Å². The van der Waals surface area contributed by atoms with Crippen LogP contribution in [0.1, 0.15) is 58.6 Å². The van der Waals surface area contributed by atoms with Crippen LogP contribution in [0.3, 0.4) is 0 Å². The van der Waals surface area contributed by atoms with Crippen molar-refractivity contribution in [2.75, 3.05) is 6.54 Å². The normalized spacial score (nSPS) is 17.2. The predicted molar refractivity (Wildman–Crippen MR) is 90.0 cm³/mol. The lowest BCUT2D eigenvalue weighted by Gasteiger charge is -2.31. The molecule has 0 aromatic carbocycles. The number of carbonyl (C=O) groups excluding carboxylic acids is 1. The molecule has 0 aliphatic heterocycles. The lowest BCUT2D eigenvalue weighted by atomic mass is 9.87. The molecule has 0 bridgehead atoms. The van der Waals surface area contributed by atoms with Crippen LogP contribution in [0.15, 0.2) is 22.8 Å². The van der Waals surface area contributed by atoms with Gasteiger partial charge in [-0.2, -0.15) is 0 Å². The first-order chi connectivity index (χ1) is 10.9. The fraction of sp³-hybridized carbons (Fsp3) is 0.722. The molecule has 2 amide bonds. The molecule has 0 radical (unpaired) electrons. The van der Waals surface area contributed by atoms with E-state index in [2.05, 4.69) is 19.2 Å². The minimum atomic E-state index is -0.365. The maximum atomic E-state index is 12.7. The van der Waals surface area contributed by atoms with Gasteiger partial charge in [-0.05, 0) is 43.7 Å². The molecule has 1 saturated carbocycles. The van der Waals surface area contributed by atoms with Crippen molar-refractivity contribution in [2.45, 2.75) is 71.6 Å². The van der Waals surface area contributed by atoms with Crippen LogP contribution in [0.5, 0.6) is 0 Å². The lowest BCUT2D eigenvalue weighted by Crippen LogP contribution is -2.47. The molecule has 2 N–H and O–H groups in total. The van der Waals surface area contributed by atoms with E-state index in [1.807, 2.05) is 17.0 Å². The van der Waals surface area contributed by atoms with Gasteiger partial charge in [-0.3, -0.25) is 0 Å². The molecule has 1 fully saturated rings. The van der Waals surface area contributed by atoms with E-state index < -0.39 is 0 Å². The van der Waals surface area contributed by atoms with E-state index in [1.165, 1.54) is 12.8 Å². The first-order valence-corrected chi connectivity index (χ1v) is 8.62. The number of amides is 2. The van der Waals surface area contributed by atoms with Gasteiger partial charge in [0.25, 0.3) is 0 Å². The quantitative estimate of drug-likeness (QED) is 0.807. The molecular weight excluding hydrogens is 292 g/mol. The molecule has 1 aromatic heterocycles. The Morgan fingerprint density at radius 1 is 1.48 bits per heavy atom. The molecule has 5 nitrogen and oxygen atoms in total. The third kappa shape index (κ3) is 5.57. The van der Waals surface area contributed by atoms with E-state index >= 15 is 0 Å². The summed E-state index contributed by atoms with van der Waals surface area (Å²) in [6, 6.07) is 4.02. The van der Waals surface area contributed by atoms with Gasteiger partial charge in [0, 0.05) is 12.6 Å². The van der Waals surface area contributed by atoms with Gasteiger partial charge in [0.15, 0.2) is 0 Å². The number of furan rings is 1. The summed E-state index contributed by atoms with van der Waals surface area (Å²) in [5.74, 6) is 0.815. The number of urea groups is 1. The number of nitrogens with one attached hydrogen (secondary N) is 1. The zero-order valence-corrected chi connectivity index (χ0v) is 14.5. The van der Waals surface area contributed by atoms with Gasteiger partial charge >= 0.3 is 6.03 Å². The molecule has 130 valence electrons. The van der Waals surface area contributed by atoms with Crippen LogP contribution in [-0.2, 0) is 6.54 Å². The Balaban J connectivity index is 1.96. The number of nitrogens with zero attached hydrogens (tertiary/aromatic N) is 1. The second-order valence-electron chi connectivity index (χ2n) is 7.52. The predicted octanol–water partition coefficient (Wildman–Crippen LogP) is 3.53. The standard InChI is InChI=1S/C18H30N2O3/c1-14(21)11-18(2,3)13-19-17(22)20(15-7-4-5-8-15)12-16-9-6-10-23-16/h6,9-10,14-15,21H,4-5,7-8,11-13H2,1-3H3,(H,19,22). The fourth-order valence-corrected chi connectivity index (χ4v) is 3.44. The number of hydrogen-bond acceptors (Lipinski definition) is 3. The zero-order valence-electron chi connectivity index (χ0n) is 14.5. The van der Waals surface area contributed by atoms with Crippen molar-refractivity contribution >= 4 is 6.03 Å². The monoisotopic (exact) mass is 322 g/mol. The summed E-state index contributed by atoms with van der Waals surface area (Å²) in [5.41, 5.74) is -0.129. The molecule has 0 saturated heterocycles. The topological polar surface area (TPSA) is 65.7 Å². The number of hydrogen-bond donors (Lipinski definition) is 2. The average Bonchev–Trinajstić information content (AvgIpc) is 3.13. The molecule has 0 spiro atoms. The van der Waals surface area contributed by atoms with Crippen molar-refractivity contribution in [3.8, 4) is 0 Å². The Morgan fingerprint density at radius 2 is 2.17 bits per heavy atom. The molecule has 1 unspecified atom stereocenters. The Labute approximate surface area is 139 Å². The molecular formula is C18H30N2O3. The van der Waals surface area contributed by atoms with Crippen molar-refractivity contribution in [1.29, 1.82) is 0 Å². The Hall–Kier alpha value is -1.49. The third-order valence-corrected chi connectivity index (χ3v) is 4.50. The number of aliphatic hydroxyl groups is 1. The zero-order chi connectivity index (χ0) is 16.9. The number of rotatable bonds is 7. The summed E-state index contributed by atoms with van der Waals surface area (Å²) >= 11 is 0. The van der Waals surface area contributed by atoms with E-state index in [4.69, 9.17) is 4.42 Å². The summed E-state index contributed by atoms with van der Waals surface area (Å²) < 4.78 is 5.42. The van der Waals surface area contributed by atoms with Crippen molar-refractivity contribution < 1.29 is 14.3 Å². The second-order valence-corrected chi connectivity index (χ2v) is 7.52. The highest BCUT2D eigenvalue weighted by molar-refractivity contribution is 5.74. The lowest BCUT2D eigenvalue weighted by molar-refractivity contribution is 0.123. The number of aliphatic hydroxyl groups excluding tert-OH is 1. The van der Waals surface area contributed by atoms with Crippen molar-refractivity contribution in [3.05, 3.63) is 24.2 Å². The van der Waals surface area contributed by atoms with Crippen LogP contribution in [0, 0.1) is 5.41 Å². The Bertz CT molecular complexity index is 476. The molecule has 1 atom stereocenters. The summed E-state index contributed by atoms with van der Waals surface area (Å²) in [5, 5.41) is 12.6. The van der Waals surface area contributed by atoms with E-state index in [-0.39, 0.29) is 17.6 Å². The van der Waals surface area contributed by atoms with E-state index in [0.29, 0.717) is 25.6 Å². The summed E-state index contributed by atoms with van der Waals surface area (Å²) in [7, 11) is 0. The molecule has 1 aliphatic rings. The largest absolute Gasteiger partial charge is 0.467 e. The van der Waals surface area contributed by atoms with E-state index in [9.17, 15) is 9.90 Å². The average molecular weight is 322 g/mol. The highest BCUT2D eigenvalue weighted by Crippen LogP contribution is 2.26. The van der Waals surface area contributed by atoms with Gasteiger partial charge in [0.2, 0.25) is 0 Å². The maximum absolute atomic E-state index is 12.7. The van der Waals surface area contributed by atoms with Gasteiger partial charge in [-0.1, -0.05) is 26.7 Å². The van der Waals surface area contributed by atoms with Gasteiger partial charge < -0.3 is 19.7 Å². The van der Waals surface area contributed by atoms with Crippen LogP contribution in [0.2, 0.25) is 0 Å². The van der Waals surface area contributed by atoms with Crippen molar-refractivity contribution in [1.82, 2.24) is 10.2 Å². The van der Waals surface area contributed by atoms with Gasteiger partial charge in [0.1, 0.15) is 5.76 Å². The number of carbonyl (C=O) groups is 1. The fourth-order valence-electron chi connectivity index (χ4n) is 3.44. The molecule has 5 heteroatoms. The van der Waals surface area contributed by atoms with Crippen LogP contribution >= 0.6 is 0 Å². The highest BCUT2D eigenvalue weighted by Gasteiger charge is 2.29. The first kappa shape index (κ1) is 17.9. The molecule has 1 aromatic rings.